The summed E-state index contributed by atoms with van der Waals surface area (Å²) in [5.41, 5.74) is 1.72. The van der Waals surface area contributed by atoms with Crippen LogP contribution in [0.3, 0.4) is 0 Å². The van der Waals surface area contributed by atoms with Crippen LogP contribution in [0.1, 0.15) is 42.1 Å². The molecule has 0 aliphatic carbocycles. The molecule has 0 saturated heterocycles. The number of ether oxygens (including phenoxy) is 1. The number of halogens is 1. The van der Waals surface area contributed by atoms with Gasteiger partial charge < -0.3 is 10.1 Å². The summed E-state index contributed by atoms with van der Waals surface area (Å²) in [5, 5.41) is 3.66. The average Bonchev–Trinajstić information content (AvgIpc) is 2.75. The van der Waals surface area contributed by atoms with Crippen molar-refractivity contribution >= 4 is 16.8 Å². The normalized spacial score (nSPS) is 11.1. The van der Waals surface area contributed by atoms with Crippen molar-refractivity contribution in [1.82, 2.24) is 10.3 Å². The Bertz CT molecular complexity index is 1000. The molecule has 0 fully saturated rings. The fourth-order valence-corrected chi connectivity index (χ4v) is 2.94. The van der Waals surface area contributed by atoms with Crippen LogP contribution in [-0.2, 0) is 6.54 Å². The van der Waals surface area contributed by atoms with Gasteiger partial charge in [-0.1, -0.05) is 43.7 Å². The lowest BCUT2D eigenvalue weighted by atomic mass is 10.1. The predicted octanol–water partition coefficient (Wildman–Crippen LogP) is 5.43. The van der Waals surface area contributed by atoms with Crippen LogP contribution in [-0.4, -0.2) is 17.5 Å². The van der Waals surface area contributed by atoms with E-state index in [1.165, 1.54) is 0 Å². The molecular weight excluding hydrogens is 367 g/mol. The molecule has 29 heavy (non-hydrogen) atoms. The number of carbonyl (C=O) groups excluding carboxylic acids is 1. The Labute approximate surface area is 170 Å². The van der Waals surface area contributed by atoms with E-state index >= 15 is 0 Å². The maximum atomic E-state index is 14.7. The lowest BCUT2D eigenvalue weighted by molar-refractivity contribution is 0.0950. The molecule has 1 N–H and O–H groups in total. The largest absolute Gasteiger partial charge is 0.490 e. The fraction of sp³-hybridized carbons (Fsp3) is 0.250. The van der Waals surface area contributed by atoms with Crippen molar-refractivity contribution in [2.75, 3.05) is 6.61 Å². The standard InChI is InChI=1S/C24H25FN2O2/c1-2-3-4-5-6-15-29-22-11-7-9-20(23(22)25)17-27-24(28)19-12-13-21-18(16-19)10-8-14-26-21/h4-5,7-14,16H,2-3,6,15,17H2,1H3,(H,27,28). The number of benzene rings is 2. The molecule has 0 unspecified atom stereocenters. The molecule has 0 radical (unpaired) electrons. The molecule has 0 bridgehead atoms. The van der Waals surface area contributed by atoms with E-state index in [2.05, 4.69) is 23.3 Å². The number of pyridine rings is 1. The minimum absolute atomic E-state index is 0.0867. The SMILES string of the molecule is CCCC=CCCOc1cccc(CNC(=O)c2ccc3ncccc3c2)c1F. The third-order valence-electron chi connectivity index (χ3n) is 4.51. The number of hydrogen-bond acceptors (Lipinski definition) is 3. The molecule has 1 heterocycles. The van der Waals surface area contributed by atoms with Crippen LogP contribution in [0.15, 0.2) is 66.9 Å². The molecule has 5 heteroatoms. The zero-order chi connectivity index (χ0) is 20.5. The van der Waals surface area contributed by atoms with Crippen LogP contribution in [0.5, 0.6) is 5.75 Å². The summed E-state index contributed by atoms with van der Waals surface area (Å²) in [5.74, 6) is -0.493. The Hall–Kier alpha value is -3.21. The van der Waals surface area contributed by atoms with E-state index < -0.39 is 5.82 Å². The summed E-state index contributed by atoms with van der Waals surface area (Å²) < 4.78 is 20.2. The molecule has 150 valence electrons. The average molecular weight is 392 g/mol. The number of allylic oxidation sites excluding steroid dienone is 1. The summed E-state index contributed by atoms with van der Waals surface area (Å²) in [6, 6.07) is 14.0. The van der Waals surface area contributed by atoms with Crippen LogP contribution in [0.25, 0.3) is 10.9 Å². The topological polar surface area (TPSA) is 51.2 Å². The van der Waals surface area contributed by atoms with E-state index in [9.17, 15) is 9.18 Å². The molecule has 2 aromatic carbocycles. The van der Waals surface area contributed by atoms with E-state index in [0.29, 0.717) is 17.7 Å². The van der Waals surface area contributed by atoms with Gasteiger partial charge in [0.05, 0.1) is 12.1 Å². The number of carbonyl (C=O) groups is 1. The van der Waals surface area contributed by atoms with Gasteiger partial charge in [-0.15, -0.1) is 0 Å². The van der Waals surface area contributed by atoms with Gasteiger partial charge in [0.25, 0.3) is 5.91 Å². The van der Waals surface area contributed by atoms with Gasteiger partial charge in [-0.3, -0.25) is 9.78 Å². The van der Waals surface area contributed by atoms with Gasteiger partial charge in [0.1, 0.15) is 0 Å². The number of amides is 1. The Morgan fingerprint density at radius 1 is 1.14 bits per heavy atom. The first-order valence-electron chi connectivity index (χ1n) is 9.87. The summed E-state index contributed by atoms with van der Waals surface area (Å²) in [7, 11) is 0. The van der Waals surface area contributed by atoms with E-state index in [4.69, 9.17) is 4.74 Å². The van der Waals surface area contributed by atoms with Gasteiger partial charge >= 0.3 is 0 Å². The first-order chi connectivity index (χ1) is 14.2. The van der Waals surface area contributed by atoms with Crippen molar-refractivity contribution < 1.29 is 13.9 Å². The molecule has 4 nitrogen and oxygen atoms in total. The molecule has 0 saturated carbocycles. The third kappa shape index (κ3) is 5.64. The van der Waals surface area contributed by atoms with Gasteiger partial charge in [0, 0.05) is 29.3 Å². The minimum Gasteiger partial charge on any atom is -0.490 e. The molecule has 0 atom stereocenters. The molecule has 0 spiro atoms. The maximum absolute atomic E-state index is 14.7. The number of hydrogen-bond donors (Lipinski definition) is 1. The van der Waals surface area contributed by atoms with Crippen molar-refractivity contribution in [3.8, 4) is 5.75 Å². The Kier molecular flexibility index (Phi) is 7.34. The number of aromatic nitrogens is 1. The second-order valence-corrected chi connectivity index (χ2v) is 6.72. The van der Waals surface area contributed by atoms with E-state index in [0.717, 1.165) is 30.2 Å². The zero-order valence-corrected chi connectivity index (χ0v) is 16.5. The predicted molar refractivity (Wildman–Crippen MR) is 113 cm³/mol. The van der Waals surface area contributed by atoms with Crippen molar-refractivity contribution in [2.24, 2.45) is 0 Å². The Morgan fingerprint density at radius 3 is 2.86 bits per heavy atom. The monoisotopic (exact) mass is 392 g/mol. The number of nitrogens with one attached hydrogen (secondary N) is 1. The van der Waals surface area contributed by atoms with Crippen molar-refractivity contribution in [2.45, 2.75) is 32.7 Å². The van der Waals surface area contributed by atoms with Gasteiger partial charge in [-0.2, -0.15) is 0 Å². The van der Waals surface area contributed by atoms with Crippen molar-refractivity contribution in [3.05, 3.63) is 83.8 Å². The molecule has 1 aromatic heterocycles. The number of unbranched alkanes of at least 4 members (excludes halogenated alkanes) is 1. The van der Waals surface area contributed by atoms with Gasteiger partial charge in [0.2, 0.25) is 0 Å². The molecule has 0 aliphatic rings. The van der Waals surface area contributed by atoms with Crippen LogP contribution in [0.4, 0.5) is 4.39 Å². The molecular formula is C24H25FN2O2. The highest BCUT2D eigenvalue weighted by Crippen LogP contribution is 2.21. The second kappa shape index (κ2) is 10.4. The van der Waals surface area contributed by atoms with Crippen LogP contribution < -0.4 is 10.1 Å². The van der Waals surface area contributed by atoms with Crippen LogP contribution in [0.2, 0.25) is 0 Å². The highest BCUT2D eigenvalue weighted by molar-refractivity contribution is 5.97. The quantitative estimate of drug-likeness (QED) is 0.390. The van der Waals surface area contributed by atoms with Crippen LogP contribution in [0, 0.1) is 5.82 Å². The Morgan fingerprint density at radius 2 is 2.00 bits per heavy atom. The van der Waals surface area contributed by atoms with Crippen molar-refractivity contribution in [1.29, 1.82) is 0 Å². The lowest BCUT2D eigenvalue weighted by Crippen LogP contribution is -2.23. The lowest BCUT2D eigenvalue weighted by Gasteiger charge is -2.11. The number of fused-ring (bicyclic) bond motifs is 1. The van der Waals surface area contributed by atoms with Gasteiger partial charge in [-0.25, -0.2) is 4.39 Å². The fourth-order valence-electron chi connectivity index (χ4n) is 2.94. The summed E-state index contributed by atoms with van der Waals surface area (Å²) in [6.45, 7) is 2.62. The number of rotatable bonds is 9. The summed E-state index contributed by atoms with van der Waals surface area (Å²) >= 11 is 0. The second-order valence-electron chi connectivity index (χ2n) is 6.72. The molecule has 3 rings (SSSR count). The number of nitrogens with zero attached hydrogens (tertiary/aromatic N) is 1. The first kappa shape index (κ1) is 20.5. The van der Waals surface area contributed by atoms with Gasteiger partial charge in [-0.05, 0) is 43.2 Å². The highest BCUT2D eigenvalue weighted by Gasteiger charge is 2.12. The van der Waals surface area contributed by atoms with Crippen molar-refractivity contribution in [3.63, 3.8) is 0 Å². The van der Waals surface area contributed by atoms with Crippen LogP contribution >= 0.6 is 0 Å². The zero-order valence-electron chi connectivity index (χ0n) is 16.5. The minimum atomic E-state index is -0.437. The smallest absolute Gasteiger partial charge is 0.251 e. The first-order valence-corrected chi connectivity index (χ1v) is 9.87. The molecule has 0 aliphatic heterocycles. The third-order valence-corrected chi connectivity index (χ3v) is 4.51. The maximum Gasteiger partial charge on any atom is 0.251 e. The van der Waals surface area contributed by atoms with E-state index in [1.54, 1.807) is 42.6 Å². The highest BCUT2D eigenvalue weighted by atomic mass is 19.1. The van der Waals surface area contributed by atoms with E-state index in [1.807, 2.05) is 18.2 Å². The van der Waals surface area contributed by atoms with Gasteiger partial charge in [0.15, 0.2) is 11.6 Å². The summed E-state index contributed by atoms with van der Waals surface area (Å²) in [6.07, 6.45) is 8.74. The summed E-state index contributed by atoms with van der Waals surface area (Å²) in [4.78, 5) is 16.7. The molecule has 1 amide bonds. The Balaban J connectivity index is 1.58. The molecule has 3 aromatic rings. The van der Waals surface area contributed by atoms with E-state index in [-0.39, 0.29) is 18.2 Å².